The molecule has 0 fully saturated rings. The summed E-state index contributed by atoms with van der Waals surface area (Å²) >= 11 is 0. The van der Waals surface area contributed by atoms with Crippen molar-refractivity contribution in [1.29, 1.82) is 0 Å². The van der Waals surface area contributed by atoms with Gasteiger partial charge in [-0.25, -0.2) is 0 Å². The first-order valence-corrected chi connectivity index (χ1v) is 7.10. The van der Waals surface area contributed by atoms with Crippen molar-refractivity contribution in [3.8, 4) is 0 Å². The van der Waals surface area contributed by atoms with Gasteiger partial charge in [0.15, 0.2) is 0 Å². The number of benzene rings is 1. The van der Waals surface area contributed by atoms with Crippen LogP contribution in [0, 0.1) is 0 Å². The summed E-state index contributed by atoms with van der Waals surface area (Å²) in [5, 5.41) is 2.82. The van der Waals surface area contributed by atoms with Gasteiger partial charge in [-0.3, -0.25) is 4.79 Å². The lowest BCUT2D eigenvalue weighted by Crippen LogP contribution is -2.21. The van der Waals surface area contributed by atoms with Crippen LogP contribution in [0.1, 0.15) is 19.6 Å². The molecule has 0 aliphatic rings. The van der Waals surface area contributed by atoms with Gasteiger partial charge in [-0.1, -0.05) is 0 Å². The highest BCUT2D eigenvalue weighted by molar-refractivity contribution is 6.01. The van der Waals surface area contributed by atoms with Crippen LogP contribution in [-0.2, 0) is 4.79 Å². The molecule has 0 saturated carbocycles. The first-order chi connectivity index (χ1) is 10.2. The van der Waals surface area contributed by atoms with E-state index in [1.165, 1.54) is 6.08 Å². The Kier molecular flexibility index (Phi) is 5.21. The number of nitrogens with zero attached hydrogens (tertiary/aromatic N) is 1. The zero-order valence-corrected chi connectivity index (χ0v) is 12.4. The van der Waals surface area contributed by atoms with Crippen LogP contribution in [0.3, 0.4) is 0 Å². The molecule has 21 heavy (non-hydrogen) atoms. The number of hydrogen-bond donors (Lipinski definition) is 1. The lowest BCUT2D eigenvalue weighted by atomic mass is 10.2. The standard InChI is InChI=1S/C17H20N2O2/c1-3-19(4-2)15-9-7-14(8-10-15)18-17(20)12-11-16-6-5-13-21-16/h5-13H,3-4H2,1-2H3,(H,18,20). The van der Waals surface area contributed by atoms with Gasteiger partial charge >= 0.3 is 0 Å². The second-order valence-electron chi connectivity index (χ2n) is 4.56. The highest BCUT2D eigenvalue weighted by Gasteiger charge is 2.02. The van der Waals surface area contributed by atoms with E-state index in [1.54, 1.807) is 24.5 Å². The Morgan fingerprint density at radius 1 is 1.19 bits per heavy atom. The van der Waals surface area contributed by atoms with Crippen molar-refractivity contribution in [2.45, 2.75) is 13.8 Å². The quantitative estimate of drug-likeness (QED) is 0.821. The van der Waals surface area contributed by atoms with Gasteiger partial charge in [-0.05, 0) is 56.3 Å². The lowest BCUT2D eigenvalue weighted by Gasteiger charge is -2.21. The number of hydrogen-bond acceptors (Lipinski definition) is 3. The Morgan fingerprint density at radius 3 is 2.48 bits per heavy atom. The molecular formula is C17H20N2O2. The normalized spacial score (nSPS) is 10.8. The van der Waals surface area contributed by atoms with Crippen molar-refractivity contribution < 1.29 is 9.21 Å². The van der Waals surface area contributed by atoms with Crippen molar-refractivity contribution in [1.82, 2.24) is 0 Å². The molecule has 1 N–H and O–H groups in total. The molecule has 0 unspecified atom stereocenters. The van der Waals surface area contributed by atoms with E-state index in [4.69, 9.17) is 4.42 Å². The van der Waals surface area contributed by atoms with Crippen LogP contribution in [0.2, 0.25) is 0 Å². The van der Waals surface area contributed by atoms with Crippen molar-refractivity contribution in [3.63, 3.8) is 0 Å². The van der Waals surface area contributed by atoms with E-state index in [0.29, 0.717) is 5.76 Å². The fraction of sp³-hybridized carbons (Fsp3) is 0.235. The summed E-state index contributed by atoms with van der Waals surface area (Å²) in [6, 6.07) is 11.4. The minimum Gasteiger partial charge on any atom is -0.465 e. The molecule has 0 spiro atoms. The predicted molar refractivity (Wildman–Crippen MR) is 86.4 cm³/mol. The van der Waals surface area contributed by atoms with Crippen LogP contribution in [0.25, 0.3) is 6.08 Å². The number of furan rings is 1. The number of nitrogens with one attached hydrogen (secondary N) is 1. The van der Waals surface area contributed by atoms with E-state index in [1.807, 2.05) is 24.3 Å². The minimum absolute atomic E-state index is 0.179. The van der Waals surface area contributed by atoms with E-state index in [9.17, 15) is 4.79 Å². The van der Waals surface area contributed by atoms with Crippen molar-refractivity contribution >= 4 is 23.4 Å². The summed E-state index contributed by atoms with van der Waals surface area (Å²) < 4.78 is 5.13. The third-order valence-electron chi connectivity index (χ3n) is 3.21. The Bertz CT molecular complexity index is 582. The van der Waals surface area contributed by atoms with Gasteiger partial charge < -0.3 is 14.6 Å². The lowest BCUT2D eigenvalue weighted by molar-refractivity contribution is -0.111. The van der Waals surface area contributed by atoms with Crippen LogP contribution < -0.4 is 10.2 Å². The fourth-order valence-electron chi connectivity index (χ4n) is 2.07. The highest BCUT2D eigenvalue weighted by Crippen LogP contribution is 2.17. The van der Waals surface area contributed by atoms with Gasteiger partial charge in [0.2, 0.25) is 5.91 Å². The van der Waals surface area contributed by atoms with Gasteiger partial charge in [0.05, 0.1) is 6.26 Å². The van der Waals surface area contributed by atoms with E-state index in [-0.39, 0.29) is 5.91 Å². The van der Waals surface area contributed by atoms with Crippen molar-refractivity contribution in [2.24, 2.45) is 0 Å². The molecule has 0 atom stereocenters. The monoisotopic (exact) mass is 284 g/mol. The first kappa shape index (κ1) is 14.9. The van der Waals surface area contributed by atoms with Crippen LogP contribution in [-0.4, -0.2) is 19.0 Å². The van der Waals surface area contributed by atoms with Gasteiger partial charge in [-0.2, -0.15) is 0 Å². The number of carbonyl (C=O) groups excluding carboxylic acids is 1. The van der Waals surface area contributed by atoms with Crippen molar-refractivity contribution in [3.05, 3.63) is 54.5 Å². The summed E-state index contributed by atoms with van der Waals surface area (Å²) in [6.45, 7) is 6.18. The highest BCUT2D eigenvalue weighted by atomic mass is 16.3. The summed E-state index contributed by atoms with van der Waals surface area (Å²) in [7, 11) is 0. The molecule has 110 valence electrons. The maximum atomic E-state index is 11.8. The van der Waals surface area contributed by atoms with Gasteiger partial charge in [0.1, 0.15) is 5.76 Å². The number of amides is 1. The molecular weight excluding hydrogens is 264 g/mol. The average Bonchev–Trinajstić information content (AvgIpc) is 3.01. The van der Waals surface area contributed by atoms with Crippen LogP contribution in [0.15, 0.2) is 53.2 Å². The molecule has 4 heteroatoms. The minimum atomic E-state index is -0.179. The Balaban J connectivity index is 1.95. The van der Waals surface area contributed by atoms with E-state index in [0.717, 1.165) is 24.5 Å². The molecule has 2 rings (SSSR count). The summed E-state index contributed by atoms with van der Waals surface area (Å²) in [6.07, 6.45) is 4.67. The Labute approximate surface area is 125 Å². The molecule has 1 aromatic carbocycles. The molecule has 0 radical (unpaired) electrons. The third kappa shape index (κ3) is 4.24. The maximum Gasteiger partial charge on any atom is 0.248 e. The number of anilines is 2. The predicted octanol–water partition coefficient (Wildman–Crippen LogP) is 3.78. The Hall–Kier alpha value is -2.49. The molecule has 1 amide bonds. The summed E-state index contributed by atoms with van der Waals surface area (Å²) in [5.41, 5.74) is 1.93. The molecule has 1 heterocycles. The summed E-state index contributed by atoms with van der Waals surface area (Å²) in [4.78, 5) is 14.0. The van der Waals surface area contributed by atoms with Gasteiger partial charge in [0, 0.05) is 30.5 Å². The molecule has 2 aromatic rings. The first-order valence-electron chi connectivity index (χ1n) is 7.10. The maximum absolute atomic E-state index is 11.8. The average molecular weight is 284 g/mol. The summed E-state index contributed by atoms with van der Waals surface area (Å²) in [5.74, 6) is 0.476. The van der Waals surface area contributed by atoms with E-state index < -0.39 is 0 Å². The third-order valence-corrected chi connectivity index (χ3v) is 3.21. The molecule has 0 aliphatic carbocycles. The molecule has 4 nitrogen and oxygen atoms in total. The van der Waals surface area contributed by atoms with Crippen LogP contribution in [0.5, 0.6) is 0 Å². The van der Waals surface area contributed by atoms with E-state index >= 15 is 0 Å². The molecule has 0 aliphatic heterocycles. The zero-order chi connectivity index (χ0) is 15.1. The van der Waals surface area contributed by atoms with Crippen molar-refractivity contribution in [2.75, 3.05) is 23.3 Å². The van der Waals surface area contributed by atoms with Gasteiger partial charge in [-0.15, -0.1) is 0 Å². The number of rotatable bonds is 6. The second-order valence-corrected chi connectivity index (χ2v) is 4.56. The SMILES string of the molecule is CCN(CC)c1ccc(NC(=O)C=Cc2ccco2)cc1. The topological polar surface area (TPSA) is 45.5 Å². The van der Waals surface area contributed by atoms with Crippen LogP contribution in [0.4, 0.5) is 11.4 Å². The second kappa shape index (κ2) is 7.33. The van der Waals surface area contributed by atoms with E-state index in [2.05, 4.69) is 24.1 Å². The molecule has 0 saturated heterocycles. The molecule has 1 aromatic heterocycles. The van der Waals surface area contributed by atoms with Crippen LogP contribution >= 0.6 is 0 Å². The molecule has 0 bridgehead atoms. The fourth-order valence-corrected chi connectivity index (χ4v) is 2.07. The Morgan fingerprint density at radius 2 is 1.90 bits per heavy atom. The number of carbonyl (C=O) groups is 1. The largest absolute Gasteiger partial charge is 0.465 e. The van der Waals surface area contributed by atoms with Gasteiger partial charge in [0.25, 0.3) is 0 Å². The zero-order valence-electron chi connectivity index (χ0n) is 12.4. The smallest absolute Gasteiger partial charge is 0.248 e.